The smallest absolute Gasteiger partial charge is 0.335 e. The van der Waals surface area contributed by atoms with E-state index in [9.17, 15) is 14.4 Å². The molecule has 6 bridgehead atoms. The Bertz CT molecular complexity index is 1690. The van der Waals surface area contributed by atoms with E-state index in [1.807, 2.05) is 6.08 Å². The molecule has 0 aromatic heterocycles. The number of nitrogens with zero attached hydrogens (tertiary/aromatic N) is 3. The number of rotatable bonds is 2. The van der Waals surface area contributed by atoms with E-state index >= 15 is 0 Å². The van der Waals surface area contributed by atoms with Crippen molar-refractivity contribution in [1.82, 2.24) is 14.7 Å². The Hall–Kier alpha value is -2.75. The van der Waals surface area contributed by atoms with Crippen molar-refractivity contribution in [3.63, 3.8) is 0 Å². The molecule has 11 atom stereocenters. The second kappa shape index (κ2) is 8.27. The fourth-order valence-electron chi connectivity index (χ4n) is 14.0. The van der Waals surface area contributed by atoms with Gasteiger partial charge in [-0.05, 0) is 87.7 Å². The van der Waals surface area contributed by atoms with Gasteiger partial charge in [-0.3, -0.25) is 14.7 Å². The molecular formula is C37H41N3O6. The van der Waals surface area contributed by atoms with Crippen LogP contribution in [0.2, 0.25) is 0 Å². The summed E-state index contributed by atoms with van der Waals surface area (Å²) in [5.41, 5.74) is 4.16. The maximum Gasteiger partial charge on any atom is 0.335 e. The van der Waals surface area contributed by atoms with Crippen LogP contribution in [0.25, 0.3) is 0 Å². The maximum atomic E-state index is 14.4. The van der Waals surface area contributed by atoms with Gasteiger partial charge in [-0.25, -0.2) is 14.4 Å². The summed E-state index contributed by atoms with van der Waals surface area (Å²) in [7, 11) is 0. The Balaban J connectivity index is 1.01. The lowest BCUT2D eigenvalue weighted by Gasteiger charge is -2.42. The highest BCUT2D eigenvalue weighted by atomic mass is 16.6. The molecule has 0 N–H and O–H groups in total. The molecule has 0 unspecified atom stereocenters. The van der Waals surface area contributed by atoms with Gasteiger partial charge in [0.05, 0.1) is 18.1 Å². The van der Waals surface area contributed by atoms with Crippen LogP contribution in [-0.2, 0) is 28.6 Å². The lowest BCUT2D eigenvalue weighted by Crippen LogP contribution is -2.48. The average molecular weight is 624 g/mol. The molecule has 0 radical (unpaired) electrons. The van der Waals surface area contributed by atoms with E-state index in [2.05, 4.69) is 20.8 Å². The summed E-state index contributed by atoms with van der Waals surface area (Å²) in [5.74, 6) is -0.299. The molecule has 2 saturated carbocycles. The number of hydrogen-bond acceptors (Lipinski definition) is 9. The van der Waals surface area contributed by atoms with E-state index in [-0.39, 0.29) is 60.0 Å². The minimum Gasteiger partial charge on any atom is -0.450 e. The fraction of sp³-hybridized carbons (Fsp3) is 0.703. The SMILES string of the molecule is O=C1C=C2C([C@@H]3CC4=C([C@@H]5CC6=CC(=O)O[C@]67C[C@H]5N5CCCC[C@H]57)C(=O)O[C@@]45C[C@@H]3N3CCC[C@@H]35)=C[C@@H]3C[C@@]2(O1)[C@H]1CCCN31. The predicted molar refractivity (Wildman–Crippen MR) is 163 cm³/mol. The number of carbonyl (C=O) groups is 3. The monoisotopic (exact) mass is 623 g/mol. The molecule has 3 aliphatic carbocycles. The molecule has 9 heterocycles. The van der Waals surface area contributed by atoms with Crippen molar-refractivity contribution in [1.29, 1.82) is 0 Å². The van der Waals surface area contributed by atoms with Gasteiger partial charge in [-0.1, -0.05) is 12.5 Å². The first kappa shape index (κ1) is 26.2. The van der Waals surface area contributed by atoms with Gasteiger partial charge in [0.15, 0.2) is 16.8 Å². The van der Waals surface area contributed by atoms with Crippen molar-refractivity contribution in [3.05, 3.63) is 46.1 Å². The van der Waals surface area contributed by atoms with Gasteiger partial charge in [0, 0.05) is 72.5 Å². The van der Waals surface area contributed by atoms with Crippen LogP contribution in [0.1, 0.15) is 77.0 Å². The van der Waals surface area contributed by atoms with Crippen molar-refractivity contribution in [2.75, 3.05) is 19.6 Å². The largest absolute Gasteiger partial charge is 0.450 e. The second-order valence-corrected chi connectivity index (χ2v) is 16.6. The molecule has 6 saturated heterocycles. The first-order valence-corrected chi connectivity index (χ1v) is 18.3. The van der Waals surface area contributed by atoms with Gasteiger partial charge >= 0.3 is 17.9 Å². The van der Waals surface area contributed by atoms with E-state index in [0.29, 0.717) is 12.5 Å². The summed E-state index contributed by atoms with van der Waals surface area (Å²) in [5, 5.41) is 0. The van der Waals surface area contributed by atoms with Gasteiger partial charge in [0.2, 0.25) is 0 Å². The van der Waals surface area contributed by atoms with Crippen LogP contribution >= 0.6 is 0 Å². The molecule has 3 spiro atoms. The summed E-state index contributed by atoms with van der Waals surface area (Å²) in [6.45, 7) is 3.10. The summed E-state index contributed by atoms with van der Waals surface area (Å²) < 4.78 is 19.3. The quantitative estimate of drug-likeness (QED) is 0.340. The minimum absolute atomic E-state index is 0.00966. The van der Waals surface area contributed by atoms with Gasteiger partial charge in [-0.2, -0.15) is 0 Å². The van der Waals surface area contributed by atoms with E-state index in [1.54, 1.807) is 6.08 Å². The summed E-state index contributed by atoms with van der Waals surface area (Å²) in [6, 6.07) is 1.47. The topological polar surface area (TPSA) is 88.6 Å². The summed E-state index contributed by atoms with van der Waals surface area (Å²) >= 11 is 0. The first-order valence-electron chi connectivity index (χ1n) is 18.3. The molecule has 12 aliphatic rings. The van der Waals surface area contributed by atoms with E-state index in [0.717, 1.165) is 107 Å². The van der Waals surface area contributed by atoms with Crippen molar-refractivity contribution in [2.45, 2.75) is 130 Å². The third-order valence-corrected chi connectivity index (χ3v) is 15.3. The van der Waals surface area contributed by atoms with Crippen LogP contribution in [0, 0.1) is 11.8 Å². The Morgan fingerprint density at radius 2 is 1.33 bits per heavy atom. The lowest BCUT2D eigenvalue weighted by atomic mass is 9.63. The van der Waals surface area contributed by atoms with E-state index < -0.39 is 16.8 Å². The number of hydrogen-bond donors (Lipinski definition) is 0. The molecule has 9 heteroatoms. The van der Waals surface area contributed by atoms with Crippen molar-refractivity contribution in [3.8, 4) is 0 Å². The van der Waals surface area contributed by atoms with E-state index in [1.165, 1.54) is 11.1 Å². The van der Waals surface area contributed by atoms with Crippen molar-refractivity contribution < 1.29 is 28.6 Å². The molecule has 240 valence electrons. The van der Waals surface area contributed by atoms with Gasteiger partial charge in [0.25, 0.3) is 0 Å². The van der Waals surface area contributed by atoms with E-state index in [4.69, 9.17) is 14.2 Å². The van der Waals surface area contributed by atoms with Crippen LogP contribution in [0.3, 0.4) is 0 Å². The second-order valence-electron chi connectivity index (χ2n) is 16.6. The molecular weight excluding hydrogens is 582 g/mol. The molecule has 9 aliphatic heterocycles. The number of ether oxygens (including phenoxy) is 3. The average Bonchev–Trinajstić information content (AvgIpc) is 3.89. The molecule has 12 rings (SSSR count). The van der Waals surface area contributed by atoms with Gasteiger partial charge < -0.3 is 14.2 Å². The van der Waals surface area contributed by atoms with Crippen LogP contribution in [0.4, 0.5) is 0 Å². The lowest BCUT2D eigenvalue weighted by molar-refractivity contribution is -0.150. The number of piperidine rings is 1. The molecule has 0 aromatic rings. The van der Waals surface area contributed by atoms with Crippen LogP contribution in [0.5, 0.6) is 0 Å². The predicted octanol–water partition coefficient (Wildman–Crippen LogP) is 3.10. The number of carbonyl (C=O) groups excluding carboxylic acids is 3. The third-order valence-electron chi connectivity index (χ3n) is 15.3. The van der Waals surface area contributed by atoms with Gasteiger partial charge in [0.1, 0.15) is 0 Å². The molecule has 0 aromatic carbocycles. The van der Waals surface area contributed by atoms with Crippen LogP contribution in [-0.4, -0.2) is 105 Å². The molecule has 8 fully saturated rings. The normalized spacial score (nSPS) is 51.1. The standard InChI is InChI=1S/C37H41N3O6/c41-31-12-19-11-23(27-17-35(19,44-31)28-5-1-2-8-39(27)28)33-25-14-22(26-18-37(25,46-34(33)43)30-7-4-10-40(26)30)21-13-20-16-36(24(21)15-32(42)45-36)29-6-3-9-38(20)29/h12-13,15,20,22-23,26-30H,1-11,14,16-18H2/t20-,22+,23-,26+,27-,28+,29-,30-,35-,36+,37+/m1/s1. The zero-order chi connectivity index (χ0) is 30.3. The van der Waals surface area contributed by atoms with Gasteiger partial charge in [-0.15, -0.1) is 0 Å². The van der Waals surface area contributed by atoms with Crippen LogP contribution < -0.4 is 0 Å². The zero-order valence-electron chi connectivity index (χ0n) is 26.2. The summed E-state index contributed by atoms with van der Waals surface area (Å²) in [6.07, 6.45) is 17.9. The van der Waals surface area contributed by atoms with Crippen molar-refractivity contribution >= 4 is 17.9 Å². The Morgan fingerprint density at radius 1 is 0.652 bits per heavy atom. The molecule has 9 nitrogen and oxygen atoms in total. The number of esters is 3. The third kappa shape index (κ3) is 2.81. The summed E-state index contributed by atoms with van der Waals surface area (Å²) in [4.78, 5) is 48.2. The molecule has 46 heavy (non-hydrogen) atoms. The highest BCUT2D eigenvalue weighted by Crippen LogP contribution is 2.65. The Labute approximate surface area is 268 Å². The Morgan fingerprint density at radius 3 is 2.20 bits per heavy atom. The highest BCUT2D eigenvalue weighted by Gasteiger charge is 2.71. The fourth-order valence-corrected chi connectivity index (χ4v) is 14.0. The zero-order valence-corrected chi connectivity index (χ0v) is 26.2. The highest BCUT2D eigenvalue weighted by molar-refractivity contribution is 5.95. The Kier molecular flexibility index (Phi) is 4.71. The van der Waals surface area contributed by atoms with Crippen molar-refractivity contribution in [2.24, 2.45) is 11.8 Å². The number of fused-ring (bicyclic) bond motifs is 9. The molecule has 0 amide bonds. The first-order chi connectivity index (χ1) is 22.4. The minimum atomic E-state index is -0.544. The van der Waals surface area contributed by atoms with Crippen LogP contribution in [0.15, 0.2) is 46.1 Å². The maximum absolute atomic E-state index is 14.4.